The molecule has 0 saturated carbocycles. The number of rotatable bonds is 9. The molecule has 28 heavy (non-hydrogen) atoms. The summed E-state index contributed by atoms with van der Waals surface area (Å²) >= 11 is 0. The summed E-state index contributed by atoms with van der Waals surface area (Å²) in [6, 6.07) is 14.8. The summed E-state index contributed by atoms with van der Waals surface area (Å²) in [5.74, 6) is 1.61. The van der Waals surface area contributed by atoms with Crippen molar-refractivity contribution in [1.82, 2.24) is 20.5 Å². The molecule has 1 aromatic carbocycles. The number of nitrogens with one attached hydrogen (secondary N) is 2. The molecule has 2 aromatic rings. The van der Waals surface area contributed by atoms with Crippen LogP contribution >= 0.6 is 0 Å². The molecule has 1 aliphatic rings. The van der Waals surface area contributed by atoms with Gasteiger partial charge < -0.3 is 15.4 Å². The zero-order chi connectivity index (χ0) is 19.4. The van der Waals surface area contributed by atoms with Gasteiger partial charge in [-0.1, -0.05) is 30.3 Å². The molecule has 1 atom stereocenters. The van der Waals surface area contributed by atoms with E-state index in [4.69, 9.17) is 9.73 Å². The molecular formula is C22H31N5O. The van der Waals surface area contributed by atoms with E-state index in [2.05, 4.69) is 57.8 Å². The molecule has 1 fully saturated rings. The van der Waals surface area contributed by atoms with E-state index < -0.39 is 0 Å². The zero-order valence-electron chi connectivity index (χ0n) is 16.7. The van der Waals surface area contributed by atoms with Gasteiger partial charge in [0.1, 0.15) is 12.4 Å². The second kappa shape index (κ2) is 11.3. The molecule has 0 radical (unpaired) electrons. The first-order valence-electron chi connectivity index (χ1n) is 10.2. The molecule has 2 N–H and O–H groups in total. The Labute approximate surface area is 168 Å². The van der Waals surface area contributed by atoms with Crippen molar-refractivity contribution in [2.45, 2.75) is 25.8 Å². The first-order chi connectivity index (χ1) is 13.9. The Morgan fingerprint density at radius 1 is 1.14 bits per heavy atom. The van der Waals surface area contributed by atoms with Crippen LogP contribution in [0.15, 0.2) is 59.9 Å². The van der Waals surface area contributed by atoms with E-state index in [1.165, 1.54) is 18.4 Å². The number of pyridine rings is 1. The van der Waals surface area contributed by atoms with Crippen LogP contribution in [0.2, 0.25) is 0 Å². The minimum Gasteiger partial charge on any atom is -0.490 e. The minimum absolute atomic E-state index is 0.325. The Morgan fingerprint density at radius 2 is 1.96 bits per heavy atom. The number of hydrogen-bond acceptors (Lipinski definition) is 4. The van der Waals surface area contributed by atoms with Gasteiger partial charge in [0, 0.05) is 12.7 Å². The highest BCUT2D eigenvalue weighted by molar-refractivity contribution is 5.79. The molecule has 0 aliphatic carbocycles. The van der Waals surface area contributed by atoms with Crippen molar-refractivity contribution in [3.63, 3.8) is 0 Å². The molecule has 1 unspecified atom stereocenters. The molecule has 1 saturated heterocycles. The molecule has 1 aliphatic heterocycles. The van der Waals surface area contributed by atoms with Crippen molar-refractivity contribution < 1.29 is 4.74 Å². The third-order valence-corrected chi connectivity index (χ3v) is 4.83. The van der Waals surface area contributed by atoms with Gasteiger partial charge in [0.15, 0.2) is 5.96 Å². The lowest BCUT2D eigenvalue weighted by Crippen LogP contribution is -2.40. The van der Waals surface area contributed by atoms with Crippen LogP contribution in [0.25, 0.3) is 0 Å². The lowest BCUT2D eigenvalue weighted by molar-refractivity contribution is 0.251. The molecule has 6 nitrogen and oxygen atoms in total. The van der Waals surface area contributed by atoms with Crippen molar-refractivity contribution in [3.8, 4) is 5.75 Å². The SMILES string of the molecule is CCNC(=NCC(c1ccccc1)N1CCCC1)NCCOc1cccnc1. The number of nitrogens with zero attached hydrogens (tertiary/aromatic N) is 3. The maximum atomic E-state index is 5.69. The van der Waals surface area contributed by atoms with Gasteiger partial charge in [0.25, 0.3) is 0 Å². The largest absolute Gasteiger partial charge is 0.490 e. The van der Waals surface area contributed by atoms with Gasteiger partial charge in [0.2, 0.25) is 0 Å². The summed E-state index contributed by atoms with van der Waals surface area (Å²) in [5.41, 5.74) is 1.34. The normalized spacial score (nSPS) is 16.0. The van der Waals surface area contributed by atoms with E-state index in [0.29, 0.717) is 19.2 Å². The van der Waals surface area contributed by atoms with Crippen molar-refractivity contribution in [2.75, 3.05) is 39.3 Å². The second-order valence-corrected chi connectivity index (χ2v) is 6.85. The molecule has 0 amide bonds. The van der Waals surface area contributed by atoms with Crippen LogP contribution in [0.3, 0.4) is 0 Å². The fraction of sp³-hybridized carbons (Fsp3) is 0.455. The van der Waals surface area contributed by atoms with E-state index in [9.17, 15) is 0 Å². The van der Waals surface area contributed by atoms with Crippen LogP contribution in [-0.2, 0) is 0 Å². The molecule has 6 heteroatoms. The van der Waals surface area contributed by atoms with Crippen LogP contribution in [0.1, 0.15) is 31.4 Å². The molecule has 0 bridgehead atoms. The summed E-state index contributed by atoms with van der Waals surface area (Å²) in [6.07, 6.45) is 6.01. The Bertz CT molecular complexity index is 701. The van der Waals surface area contributed by atoms with E-state index in [1.54, 1.807) is 12.4 Å². The first-order valence-corrected chi connectivity index (χ1v) is 10.2. The van der Waals surface area contributed by atoms with Crippen molar-refractivity contribution in [1.29, 1.82) is 0 Å². The summed E-state index contributed by atoms with van der Waals surface area (Å²) in [4.78, 5) is 11.5. The average molecular weight is 382 g/mol. The van der Waals surface area contributed by atoms with Crippen LogP contribution in [0.5, 0.6) is 5.75 Å². The Hall–Kier alpha value is -2.60. The predicted molar refractivity (Wildman–Crippen MR) is 114 cm³/mol. The molecule has 0 spiro atoms. The quantitative estimate of drug-likeness (QED) is 0.397. The Balaban J connectivity index is 1.56. The standard InChI is InChI=1S/C22H31N5O/c1-2-24-22(25-13-16-28-20-11-8-12-23-17-20)26-18-21(27-14-6-7-15-27)19-9-4-3-5-10-19/h3-5,8-12,17,21H,2,6-7,13-16,18H2,1H3,(H2,24,25,26). The summed E-state index contributed by atoms with van der Waals surface area (Å²) in [7, 11) is 0. The average Bonchev–Trinajstić information content (AvgIpc) is 3.27. The first kappa shape index (κ1) is 20.1. The lowest BCUT2D eigenvalue weighted by Gasteiger charge is -2.27. The number of benzene rings is 1. The number of hydrogen-bond donors (Lipinski definition) is 2. The number of aliphatic imine (C=N–C) groups is 1. The summed E-state index contributed by atoms with van der Waals surface area (Å²) < 4.78 is 5.69. The Morgan fingerprint density at radius 3 is 2.68 bits per heavy atom. The number of guanidine groups is 1. The minimum atomic E-state index is 0.325. The van der Waals surface area contributed by atoms with Crippen molar-refractivity contribution in [2.24, 2.45) is 4.99 Å². The van der Waals surface area contributed by atoms with Crippen LogP contribution in [0.4, 0.5) is 0 Å². The van der Waals surface area contributed by atoms with Crippen molar-refractivity contribution >= 4 is 5.96 Å². The summed E-state index contributed by atoms with van der Waals surface area (Å²) in [5, 5.41) is 6.69. The third kappa shape index (κ3) is 6.23. The maximum absolute atomic E-state index is 5.69. The number of likely N-dealkylation sites (tertiary alicyclic amines) is 1. The van der Waals surface area contributed by atoms with E-state index >= 15 is 0 Å². The van der Waals surface area contributed by atoms with Gasteiger partial charge in [-0.25, -0.2) is 0 Å². The molecule has 3 rings (SSSR count). The van der Waals surface area contributed by atoms with Gasteiger partial charge in [-0.3, -0.25) is 14.9 Å². The Kier molecular flexibility index (Phi) is 8.12. The predicted octanol–water partition coefficient (Wildman–Crippen LogP) is 2.85. The van der Waals surface area contributed by atoms with Gasteiger partial charge in [-0.2, -0.15) is 0 Å². The molecule has 1 aromatic heterocycles. The van der Waals surface area contributed by atoms with Crippen LogP contribution < -0.4 is 15.4 Å². The van der Waals surface area contributed by atoms with Gasteiger partial charge in [-0.05, 0) is 50.6 Å². The molecule has 150 valence electrons. The lowest BCUT2D eigenvalue weighted by atomic mass is 10.1. The molecule has 2 heterocycles. The van der Waals surface area contributed by atoms with E-state index in [0.717, 1.165) is 37.9 Å². The third-order valence-electron chi connectivity index (χ3n) is 4.83. The van der Waals surface area contributed by atoms with Crippen molar-refractivity contribution in [3.05, 3.63) is 60.4 Å². The van der Waals surface area contributed by atoms with Gasteiger partial charge >= 0.3 is 0 Å². The topological polar surface area (TPSA) is 61.8 Å². The summed E-state index contributed by atoms with van der Waals surface area (Å²) in [6.45, 7) is 7.19. The highest BCUT2D eigenvalue weighted by Crippen LogP contribution is 2.25. The smallest absolute Gasteiger partial charge is 0.191 e. The fourth-order valence-electron chi connectivity index (χ4n) is 3.45. The van der Waals surface area contributed by atoms with Gasteiger partial charge in [0.05, 0.1) is 25.3 Å². The second-order valence-electron chi connectivity index (χ2n) is 6.85. The number of ether oxygens (including phenoxy) is 1. The highest BCUT2D eigenvalue weighted by Gasteiger charge is 2.23. The van der Waals surface area contributed by atoms with Gasteiger partial charge in [-0.15, -0.1) is 0 Å². The fourth-order valence-corrected chi connectivity index (χ4v) is 3.45. The molecular weight excluding hydrogens is 350 g/mol. The van der Waals surface area contributed by atoms with E-state index in [-0.39, 0.29) is 0 Å². The van der Waals surface area contributed by atoms with E-state index in [1.807, 2.05) is 12.1 Å². The number of aromatic nitrogens is 1. The van der Waals surface area contributed by atoms with Crippen LogP contribution in [0, 0.1) is 0 Å². The zero-order valence-corrected chi connectivity index (χ0v) is 16.7. The highest BCUT2D eigenvalue weighted by atomic mass is 16.5. The van der Waals surface area contributed by atoms with Crippen LogP contribution in [-0.4, -0.2) is 55.2 Å². The monoisotopic (exact) mass is 381 g/mol. The maximum Gasteiger partial charge on any atom is 0.191 e.